The van der Waals surface area contributed by atoms with Crippen molar-refractivity contribution in [3.05, 3.63) is 12.7 Å². The van der Waals surface area contributed by atoms with Crippen LogP contribution in [0.4, 0.5) is 0 Å². The quantitative estimate of drug-likeness (QED) is 0.586. The number of amides is 1. The molecule has 4 nitrogen and oxygen atoms in total. The molecule has 1 saturated heterocycles. The van der Waals surface area contributed by atoms with Crippen LogP contribution in [0.25, 0.3) is 0 Å². The fraction of sp³-hybridized carbons (Fsp3) is 0.500. The SMILES string of the molecule is C=CC(=O)N[C@]1(C#N)CCOC1. The number of nitrogens with one attached hydrogen (secondary N) is 1. The van der Waals surface area contributed by atoms with Gasteiger partial charge in [-0.15, -0.1) is 0 Å². The Balaban J connectivity index is 2.63. The molecule has 12 heavy (non-hydrogen) atoms. The van der Waals surface area contributed by atoms with Crippen LogP contribution in [0.2, 0.25) is 0 Å². The summed E-state index contributed by atoms with van der Waals surface area (Å²) in [5, 5.41) is 11.3. The van der Waals surface area contributed by atoms with Gasteiger partial charge in [-0.3, -0.25) is 4.79 Å². The maximum Gasteiger partial charge on any atom is 0.244 e. The highest BCUT2D eigenvalue weighted by Gasteiger charge is 2.35. The molecule has 1 rings (SSSR count). The molecule has 0 radical (unpaired) electrons. The van der Waals surface area contributed by atoms with Crippen LogP contribution in [0.5, 0.6) is 0 Å². The first-order chi connectivity index (χ1) is 5.72. The summed E-state index contributed by atoms with van der Waals surface area (Å²) in [6.45, 7) is 4.09. The molecule has 0 aromatic heterocycles. The number of carbonyl (C=O) groups excluding carboxylic acids is 1. The van der Waals surface area contributed by atoms with Gasteiger partial charge in [0.15, 0.2) is 5.54 Å². The van der Waals surface area contributed by atoms with E-state index in [9.17, 15) is 4.79 Å². The van der Waals surface area contributed by atoms with E-state index in [0.29, 0.717) is 13.0 Å². The smallest absolute Gasteiger partial charge is 0.244 e. The third-order valence-electron chi connectivity index (χ3n) is 1.78. The van der Waals surface area contributed by atoms with E-state index in [2.05, 4.69) is 11.9 Å². The minimum absolute atomic E-state index is 0.267. The first kappa shape index (κ1) is 8.75. The molecular formula is C8H10N2O2. The average molecular weight is 166 g/mol. The standard InChI is InChI=1S/C8H10N2O2/c1-2-7(11)10-8(5-9)3-4-12-6-8/h2H,1,3-4,6H2,(H,10,11)/t8-/m0/s1. The van der Waals surface area contributed by atoms with Crippen LogP contribution in [0.3, 0.4) is 0 Å². The molecule has 1 amide bonds. The number of hydrogen-bond acceptors (Lipinski definition) is 3. The van der Waals surface area contributed by atoms with Crippen LogP contribution in [0.15, 0.2) is 12.7 Å². The van der Waals surface area contributed by atoms with E-state index in [0.717, 1.165) is 6.08 Å². The second-order valence-electron chi connectivity index (χ2n) is 2.69. The summed E-state index contributed by atoms with van der Waals surface area (Å²) in [5.41, 5.74) is -0.828. The summed E-state index contributed by atoms with van der Waals surface area (Å²) in [7, 11) is 0. The van der Waals surface area contributed by atoms with Gasteiger partial charge < -0.3 is 10.1 Å². The van der Waals surface area contributed by atoms with Gasteiger partial charge in [0.25, 0.3) is 0 Å². The van der Waals surface area contributed by atoms with Crippen LogP contribution in [-0.2, 0) is 9.53 Å². The summed E-state index contributed by atoms with van der Waals surface area (Å²) >= 11 is 0. The van der Waals surface area contributed by atoms with Gasteiger partial charge in [-0.2, -0.15) is 5.26 Å². The minimum Gasteiger partial charge on any atom is -0.378 e. The van der Waals surface area contributed by atoms with Crippen molar-refractivity contribution in [3.63, 3.8) is 0 Å². The molecule has 64 valence electrons. The fourth-order valence-corrected chi connectivity index (χ4v) is 1.07. The van der Waals surface area contributed by atoms with Crippen molar-refractivity contribution in [2.45, 2.75) is 12.0 Å². The van der Waals surface area contributed by atoms with Gasteiger partial charge in [-0.25, -0.2) is 0 Å². The summed E-state index contributed by atoms with van der Waals surface area (Å²) in [4.78, 5) is 10.9. The van der Waals surface area contributed by atoms with Gasteiger partial charge >= 0.3 is 0 Å². The second kappa shape index (κ2) is 3.37. The Kier molecular flexibility index (Phi) is 2.46. The average Bonchev–Trinajstić information content (AvgIpc) is 2.54. The number of rotatable bonds is 2. The summed E-state index contributed by atoms with van der Waals surface area (Å²) in [6.07, 6.45) is 1.69. The second-order valence-corrected chi connectivity index (χ2v) is 2.69. The van der Waals surface area contributed by atoms with Crippen molar-refractivity contribution in [1.29, 1.82) is 5.26 Å². The molecule has 0 aromatic rings. The van der Waals surface area contributed by atoms with E-state index in [1.165, 1.54) is 0 Å². The molecule has 4 heteroatoms. The van der Waals surface area contributed by atoms with Gasteiger partial charge in [0.1, 0.15) is 0 Å². The normalized spacial score (nSPS) is 27.6. The highest BCUT2D eigenvalue weighted by Crippen LogP contribution is 2.17. The van der Waals surface area contributed by atoms with Gasteiger partial charge in [0.05, 0.1) is 19.3 Å². The molecule has 1 aliphatic rings. The van der Waals surface area contributed by atoms with E-state index >= 15 is 0 Å². The first-order valence-corrected chi connectivity index (χ1v) is 3.66. The van der Waals surface area contributed by atoms with Gasteiger partial charge in [0, 0.05) is 6.42 Å². The lowest BCUT2D eigenvalue weighted by molar-refractivity contribution is -0.117. The van der Waals surface area contributed by atoms with Crippen LogP contribution < -0.4 is 5.32 Å². The van der Waals surface area contributed by atoms with Gasteiger partial charge in [0.2, 0.25) is 5.91 Å². The molecule has 1 aliphatic heterocycles. The summed E-state index contributed by atoms with van der Waals surface area (Å²) in [6, 6.07) is 2.04. The highest BCUT2D eigenvalue weighted by molar-refractivity contribution is 5.87. The van der Waals surface area contributed by atoms with E-state index in [1.54, 1.807) is 0 Å². The lowest BCUT2D eigenvalue weighted by Crippen LogP contribution is -2.47. The molecule has 0 spiro atoms. The summed E-state index contributed by atoms with van der Waals surface area (Å²) < 4.78 is 5.03. The lowest BCUT2D eigenvalue weighted by Gasteiger charge is -2.18. The molecule has 0 unspecified atom stereocenters. The van der Waals surface area contributed by atoms with Crippen LogP contribution >= 0.6 is 0 Å². The first-order valence-electron chi connectivity index (χ1n) is 3.66. The van der Waals surface area contributed by atoms with Crippen LogP contribution in [0, 0.1) is 11.3 Å². The molecule has 1 atom stereocenters. The number of nitrogens with zero attached hydrogens (tertiary/aromatic N) is 1. The Labute approximate surface area is 70.8 Å². The molecule has 0 bridgehead atoms. The molecule has 1 heterocycles. The predicted octanol–water partition coefficient (Wildman–Crippen LogP) is -0.0287. The third kappa shape index (κ3) is 1.63. The van der Waals surface area contributed by atoms with Gasteiger partial charge in [-0.1, -0.05) is 6.58 Å². The fourth-order valence-electron chi connectivity index (χ4n) is 1.07. The topological polar surface area (TPSA) is 62.1 Å². The van der Waals surface area contributed by atoms with E-state index in [4.69, 9.17) is 10.00 Å². The Morgan fingerprint density at radius 1 is 1.83 bits per heavy atom. The number of carbonyl (C=O) groups is 1. The van der Waals surface area contributed by atoms with Crippen molar-refractivity contribution in [2.24, 2.45) is 0 Å². The predicted molar refractivity (Wildman–Crippen MR) is 42.1 cm³/mol. The molecule has 0 aromatic carbocycles. The summed E-state index contributed by atoms with van der Waals surface area (Å²) in [5.74, 6) is -0.331. The largest absolute Gasteiger partial charge is 0.378 e. The van der Waals surface area contributed by atoms with Crippen LogP contribution in [-0.4, -0.2) is 24.7 Å². The van der Waals surface area contributed by atoms with Crippen molar-refractivity contribution < 1.29 is 9.53 Å². The maximum absolute atomic E-state index is 10.9. The zero-order valence-electron chi connectivity index (χ0n) is 6.67. The van der Waals surface area contributed by atoms with E-state index in [1.807, 2.05) is 6.07 Å². The Morgan fingerprint density at radius 2 is 2.58 bits per heavy atom. The van der Waals surface area contributed by atoms with Gasteiger partial charge in [-0.05, 0) is 6.08 Å². The van der Waals surface area contributed by atoms with Crippen molar-refractivity contribution in [2.75, 3.05) is 13.2 Å². The molecule has 1 N–H and O–H groups in total. The Hall–Kier alpha value is -1.34. The minimum atomic E-state index is -0.828. The molecular weight excluding hydrogens is 156 g/mol. The Bertz CT molecular complexity index is 236. The van der Waals surface area contributed by atoms with Crippen LogP contribution in [0.1, 0.15) is 6.42 Å². The van der Waals surface area contributed by atoms with Crippen molar-refractivity contribution in [3.8, 4) is 6.07 Å². The molecule has 0 aliphatic carbocycles. The molecule has 1 fully saturated rings. The highest BCUT2D eigenvalue weighted by atomic mass is 16.5. The third-order valence-corrected chi connectivity index (χ3v) is 1.78. The van der Waals surface area contributed by atoms with E-state index in [-0.39, 0.29) is 12.5 Å². The molecule has 0 saturated carbocycles. The van der Waals surface area contributed by atoms with E-state index < -0.39 is 5.54 Å². The maximum atomic E-state index is 10.9. The van der Waals surface area contributed by atoms with Crippen molar-refractivity contribution in [1.82, 2.24) is 5.32 Å². The lowest BCUT2D eigenvalue weighted by atomic mass is 10.0. The Morgan fingerprint density at radius 3 is 3.00 bits per heavy atom. The number of nitriles is 1. The number of hydrogen-bond donors (Lipinski definition) is 1. The zero-order valence-corrected chi connectivity index (χ0v) is 6.67. The number of ether oxygens (including phenoxy) is 1. The zero-order chi connectivity index (χ0) is 9.03. The van der Waals surface area contributed by atoms with Crippen molar-refractivity contribution >= 4 is 5.91 Å². The monoisotopic (exact) mass is 166 g/mol.